The summed E-state index contributed by atoms with van der Waals surface area (Å²) < 4.78 is 1.88. The Morgan fingerprint density at radius 2 is 1.73 bits per heavy atom. The third-order valence-electron chi connectivity index (χ3n) is 8.51. The Morgan fingerprint density at radius 3 is 2.46 bits per heavy atom. The molecule has 8 nitrogen and oxygen atoms in total. The van der Waals surface area contributed by atoms with Gasteiger partial charge in [0.05, 0.1) is 11.7 Å². The summed E-state index contributed by atoms with van der Waals surface area (Å²) in [5, 5.41) is 8.84. The van der Waals surface area contributed by atoms with Crippen molar-refractivity contribution in [3.63, 3.8) is 0 Å². The summed E-state index contributed by atoms with van der Waals surface area (Å²) in [6.45, 7) is 3.73. The number of carbonyl (C=O) groups is 2. The van der Waals surface area contributed by atoms with Crippen molar-refractivity contribution in [1.29, 1.82) is 0 Å². The van der Waals surface area contributed by atoms with Crippen LogP contribution in [0.5, 0.6) is 0 Å². The van der Waals surface area contributed by atoms with E-state index in [0.29, 0.717) is 18.4 Å². The monoisotopic (exact) mass is 496 g/mol. The summed E-state index contributed by atoms with van der Waals surface area (Å²) in [5.41, 5.74) is 3.68. The molecular formula is C29H32N6O2. The second-order valence-electron chi connectivity index (χ2n) is 11.1. The number of piperidine rings is 1. The maximum Gasteiger partial charge on any atom is 0.256 e. The molecule has 190 valence electrons. The van der Waals surface area contributed by atoms with Crippen LogP contribution in [0.3, 0.4) is 0 Å². The molecule has 3 aliphatic heterocycles. The number of benzene rings is 2. The molecule has 1 aromatic heterocycles. The van der Waals surface area contributed by atoms with Crippen molar-refractivity contribution in [3.05, 3.63) is 54.2 Å². The highest BCUT2D eigenvalue weighted by Crippen LogP contribution is 2.37. The molecule has 0 radical (unpaired) electrons. The number of hydrogen-bond donors (Lipinski definition) is 1. The molecule has 4 heterocycles. The Balaban J connectivity index is 1.14. The predicted molar refractivity (Wildman–Crippen MR) is 142 cm³/mol. The van der Waals surface area contributed by atoms with Crippen molar-refractivity contribution in [2.24, 2.45) is 23.9 Å². The second kappa shape index (κ2) is 8.52. The van der Waals surface area contributed by atoms with Crippen molar-refractivity contribution in [2.45, 2.75) is 31.2 Å². The number of hydrogen-bond acceptors (Lipinski definition) is 5. The fraction of sp³-hybridized carbons (Fsp3) is 0.448. The van der Waals surface area contributed by atoms with Crippen molar-refractivity contribution in [1.82, 2.24) is 24.9 Å². The predicted octanol–water partition coefficient (Wildman–Crippen LogP) is 2.82. The molecule has 0 unspecified atom stereocenters. The Kier molecular flexibility index (Phi) is 5.22. The molecule has 3 aromatic rings. The molecular weight excluding hydrogens is 464 g/mol. The highest BCUT2D eigenvalue weighted by atomic mass is 16.2. The largest absolute Gasteiger partial charge is 0.342 e. The van der Waals surface area contributed by atoms with E-state index in [1.54, 1.807) is 0 Å². The van der Waals surface area contributed by atoms with Gasteiger partial charge in [0, 0.05) is 49.5 Å². The number of nitrogens with zero attached hydrogens (tertiary/aromatic N) is 5. The molecule has 3 fully saturated rings. The number of aliphatic imine (C=N–C) groups is 1. The van der Waals surface area contributed by atoms with Crippen molar-refractivity contribution >= 4 is 28.6 Å². The quantitative estimate of drug-likeness (QED) is 0.589. The number of rotatable bonds is 5. The van der Waals surface area contributed by atoms with E-state index in [4.69, 9.17) is 4.99 Å². The number of fused-ring (bicyclic) bond motifs is 1. The number of amidine groups is 1. The molecule has 8 heteroatoms. The van der Waals surface area contributed by atoms with Crippen LogP contribution in [0.2, 0.25) is 0 Å². The summed E-state index contributed by atoms with van der Waals surface area (Å²) in [6.07, 6.45) is 5.41. The van der Waals surface area contributed by atoms with E-state index in [1.807, 2.05) is 27.7 Å². The first-order valence-electron chi connectivity index (χ1n) is 13.4. The minimum atomic E-state index is -0.655. The topological polar surface area (TPSA) is 82.8 Å². The SMILES string of the molecule is Cn1ncc2cc(-c3ccc(C4=NC5(CCNCC5)C(=O)N4CC4CN(C(=O)C5CC5)C4)cc3)ccc21. The van der Waals surface area contributed by atoms with Crippen LogP contribution in [0.1, 0.15) is 31.2 Å². The lowest BCUT2D eigenvalue weighted by Gasteiger charge is -2.41. The zero-order chi connectivity index (χ0) is 25.1. The molecule has 1 saturated carbocycles. The highest BCUT2D eigenvalue weighted by Gasteiger charge is 2.50. The summed E-state index contributed by atoms with van der Waals surface area (Å²) in [5.74, 6) is 1.77. The average Bonchev–Trinajstić information content (AvgIpc) is 3.65. The van der Waals surface area contributed by atoms with E-state index in [-0.39, 0.29) is 11.8 Å². The van der Waals surface area contributed by atoms with E-state index in [2.05, 4.69) is 52.9 Å². The van der Waals surface area contributed by atoms with Gasteiger partial charge in [0.25, 0.3) is 5.91 Å². The van der Waals surface area contributed by atoms with Crippen LogP contribution in [0.4, 0.5) is 0 Å². The van der Waals surface area contributed by atoms with Crippen LogP contribution in [0.25, 0.3) is 22.0 Å². The lowest BCUT2D eigenvalue weighted by atomic mass is 9.88. The fourth-order valence-corrected chi connectivity index (χ4v) is 6.08. The van der Waals surface area contributed by atoms with E-state index in [0.717, 1.165) is 85.3 Å². The van der Waals surface area contributed by atoms with Crippen molar-refractivity contribution in [2.75, 3.05) is 32.7 Å². The standard InChI is InChI=1S/C29H32N6O2/c1-33-25-9-8-23(14-24(25)15-31-33)20-2-4-21(5-3-20)26-32-29(10-12-30-13-11-29)28(37)35(26)18-19-16-34(17-19)27(36)22-6-7-22/h2-5,8-9,14-15,19,22,30H,6-7,10-13,16-18H2,1H3. The summed E-state index contributed by atoms with van der Waals surface area (Å²) >= 11 is 0. The maximum atomic E-state index is 13.8. The molecule has 7 rings (SSSR count). The fourth-order valence-electron chi connectivity index (χ4n) is 6.08. The van der Waals surface area contributed by atoms with Crippen molar-refractivity contribution < 1.29 is 9.59 Å². The second-order valence-corrected chi connectivity index (χ2v) is 11.1. The Hall–Kier alpha value is -3.52. The Morgan fingerprint density at radius 1 is 1.03 bits per heavy atom. The number of aromatic nitrogens is 2. The van der Waals surface area contributed by atoms with Gasteiger partial charge in [-0.25, -0.2) is 0 Å². The summed E-state index contributed by atoms with van der Waals surface area (Å²) in [7, 11) is 1.95. The first-order chi connectivity index (χ1) is 18.0. The number of likely N-dealkylation sites (tertiary alicyclic amines) is 1. The third kappa shape index (κ3) is 3.85. The van der Waals surface area contributed by atoms with Crippen LogP contribution in [-0.2, 0) is 16.6 Å². The minimum absolute atomic E-state index is 0.127. The number of amides is 2. The first-order valence-corrected chi connectivity index (χ1v) is 13.4. The van der Waals surface area contributed by atoms with Gasteiger partial charge in [0.15, 0.2) is 0 Å². The lowest BCUT2D eigenvalue weighted by molar-refractivity contribution is -0.140. The van der Waals surface area contributed by atoms with Gasteiger partial charge in [-0.1, -0.05) is 30.3 Å². The Labute approximate surface area is 216 Å². The van der Waals surface area contributed by atoms with Crippen LogP contribution in [-0.4, -0.2) is 75.5 Å². The molecule has 2 amide bonds. The van der Waals surface area contributed by atoms with Crippen molar-refractivity contribution in [3.8, 4) is 11.1 Å². The molecule has 1 spiro atoms. The molecule has 2 saturated heterocycles. The molecule has 1 N–H and O–H groups in total. The molecule has 4 aliphatic rings. The minimum Gasteiger partial charge on any atom is -0.342 e. The van der Waals surface area contributed by atoms with E-state index >= 15 is 0 Å². The van der Waals surface area contributed by atoms with Crippen LogP contribution < -0.4 is 5.32 Å². The van der Waals surface area contributed by atoms with E-state index in [9.17, 15) is 9.59 Å². The van der Waals surface area contributed by atoms with Crippen LogP contribution >= 0.6 is 0 Å². The first kappa shape index (κ1) is 22.7. The molecule has 2 aromatic carbocycles. The van der Waals surface area contributed by atoms with Gasteiger partial charge < -0.3 is 10.2 Å². The lowest BCUT2D eigenvalue weighted by Crippen LogP contribution is -2.56. The smallest absolute Gasteiger partial charge is 0.256 e. The van der Waals surface area contributed by atoms with E-state index < -0.39 is 5.54 Å². The van der Waals surface area contributed by atoms with Gasteiger partial charge in [-0.2, -0.15) is 5.10 Å². The number of aryl methyl sites for hydroxylation is 1. The number of nitrogens with one attached hydrogen (secondary N) is 1. The van der Waals surface area contributed by atoms with Gasteiger partial charge in [0.1, 0.15) is 11.4 Å². The molecule has 0 bridgehead atoms. The van der Waals surface area contributed by atoms with E-state index in [1.165, 1.54) is 0 Å². The number of carbonyl (C=O) groups excluding carboxylic acids is 2. The van der Waals surface area contributed by atoms with Crippen LogP contribution in [0.15, 0.2) is 53.7 Å². The van der Waals surface area contributed by atoms with Gasteiger partial charge in [-0.3, -0.25) is 24.2 Å². The summed E-state index contributed by atoms with van der Waals surface area (Å²) in [6, 6.07) is 14.8. The normalized spacial score (nSPS) is 21.5. The van der Waals surface area contributed by atoms with Gasteiger partial charge in [-0.15, -0.1) is 0 Å². The zero-order valence-corrected chi connectivity index (χ0v) is 21.2. The molecule has 0 atom stereocenters. The van der Waals surface area contributed by atoms with Crippen LogP contribution in [0, 0.1) is 11.8 Å². The highest BCUT2D eigenvalue weighted by molar-refractivity contribution is 6.15. The zero-order valence-electron chi connectivity index (χ0n) is 21.2. The van der Waals surface area contributed by atoms with Gasteiger partial charge >= 0.3 is 0 Å². The Bertz CT molecular complexity index is 1410. The van der Waals surface area contributed by atoms with Gasteiger partial charge in [0.2, 0.25) is 5.91 Å². The van der Waals surface area contributed by atoms with Gasteiger partial charge in [-0.05, 0) is 62.0 Å². The third-order valence-corrected chi connectivity index (χ3v) is 8.51. The molecule has 1 aliphatic carbocycles. The maximum absolute atomic E-state index is 13.8. The average molecular weight is 497 g/mol. The summed E-state index contributed by atoms with van der Waals surface area (Å²) in [4.78, 5) is 35.2. The molecule has 37 heavy (non-hydrogen) atoms.